The van der Waals surface area contributed by atoms with Crippen LogP contribution in [0.3, 0.4) is 0 Å². The Labute approximate surface area is 115 Å². The van der Waals surface area contributed by atoms with Crippen molar-refractivity contribution in [3.8, 4) is 5.75 Å². The van der Waals surface area contributed by atoms with Crippen molar-refractivity contribution in [2.45, 2.75) is 6.54 Å². The SMILES string of the molecule is COc1cccc(CNc2n[nH]c3ccc(F)cc23)c1. The zero-order valence-electron chi connectivity index (χ0n) is 11.0. The number of nitrogens with zero attached hydrogens (tertiary/aromatic N) is 1. The molecule has 5 heteroatoms. The third kappa shape index (κ3) is 2.42. The maximum atomic E-state index is 13.3. The molecular formula is C15H14FN3O. The second-order valence-electron chi connectivity index (χ2n) is 4.47. The fourth-order valence-electron chi connectivity index (χ4n) is 2.09. The molecule has 3 rings (SSSR count). The monoisotopic (exact) mass is 271 g/mol. The minimum Gasteiger partial charge on any atom is -0.497 e. The van der Waals surface area contributed by atoms with Crippen LogP contribution in [0.1, 0.15) is 5.56 Å². The first-order valence-corrected chi connectivity index (χ1v) is 6.27. The number of fused-ring (bicyclic) bond motifs is 1. The van der Waals surface area contributed by atoms with Gasteiger partial charge in [0, 0.05) is 11.9 Å². The van der Waals surface area contributed by atoms with E-state index < -0.39 is 0 Å². The lowest BCUT2D eigenvalue weighted by Crippen LogP contribution is -2.00. The van der Waals surface area contributed by atoms with Gasteiger partial charge in [0.15, 0.2) is 5.82 Å². The predicted molar refractivity (Wildman–Crippen MR) is 76.4 cm³/mol. The zero-order valence-corrected chi connectivity index (χ0v) is 11.0. The minimum atomic E-state index is -0.275. The maximum absolute atomic E-state index is 13.3. The third-order valence-electron chi connectivity index (χ3n) is 3.12. The molecule has 0 aliphatic rings. The van der Waals surface area contributed by atoms with Gasteiger partial charge in [-0.15, -0.1) is 0 Å². The van der Waals surface area contributed by atoms with Crippen LogP contribution in [0.5, 0.6) is 5.75 Å². The molecule has 1 aromatic heterocycles. The zero-order chi connectivity index (χ0) is 13.9. The quantitative estimate of drug-likeness (QED) is 0.765. The van der Waals surface area contributed by atoms with Crippen molar-refractivity contribution in [1.82, 2.24) is 10.2 Å². The standard InChI is InChI=1S/C15H14FN3O/c1-20-12-4-2-3-10(7-12)9-17-15-13-8-11(16)5-6-14(13)18-19-15/h2-8H,9H2,1H3,(H2,17,18,19). The summed E-state index contributed by atoms with van der Waals surface area (Å²) in [7, 11) is 1.64. The summed E-state index contributed by atoms with van der Waals surface area (Å²) >= 11 is 0. The summed E-state index contributed by atoms with van der Waals surface area (Å²) in [5.74, 6) is 1.17. The molecule has 3 aromatic rings. The van der Waals surface area contributed by atoms with Crippen LogP contribution in [-0.2, 0) is 6.54 Å². The predicted octanol–water partition coefficient (Wildman–Crippen LogP) is 3.32. The van der Waals surface area contributed by atoms with E-state index >= 15 is 0 Å². The van der Waals surface area contributed by atoms with Crippen molar-refractivity contribution in [3.63, 3.8) is 0 Å². The summed E-state index contributed by atoms with van der Waals surface area (Å²) in [4.78, 5) is 0. The molecule has 0 saturated heterocycles. The van der Waals surface area contributed by atoms with Crippen LogP contribution in [0.25, 0.3) is 10.9 Å². The Balaban J connectivity index is 1.81. The van der Waals surface area contributed by atoms with E-state index in [1.54, 1.807) is 13.2 Å². The Morgan fingerprint density at radius 3 is 3.00 bits per heavy atom. The molecule has 0 radical (unpaired) electrons. The topological polar surface area (TPSA) is 49.9 Å². The second kappa shape index (κ2) is 5.21. The van der Waals surface area contributed by atoms with Crippen molar-refractivity contribution in [2.24, 2.45) is 0 Å². The largest absolute Gasteiger partial charge is 0.497 e. The van der Waals surface area contributed by atoms with Gasteiger partial charge in [0.05, 0.1) is 12.6 Å². The number of hydrogen-bond donors (Lipinski definition) is 2. The highest BCUT2D eigenvalue weighted by Crippen LogP contribution is 2.22. The lowest BCUT2D eigenvalue weighted by molar-refractivity contribution is 0.414. The molecule has 2 N–H and O–H groups in total. The van der Waals surface area contributed by atoms with Crippen molar-refractivity contribution in [1.29, 1.82) is 0 Å². The Hall–Kier alpha value is -2.56. The normalized spacial score (nSPS) is 10.7. The molecule has 0 fully saturated rings. The average Bonchev–Trinajstić information content (AvgIpc) is 2.87. The van der Waals surface area contributed by atoms with Gasteiger partial charge in [0.25, 0.3) is 0 Å². The number of halogens is 1. The number of anilines is 1. The molecule has 0 atom stereocenters. The molecule has 102 valence electrons. The van der Waals surface area contributed by atoms with Crippen LogP contribution in [0.4, 0.5) is 10.2 Å². The number of ether oxygens (including phenoxy) is 1. The van der Waals surface area contributed by atoms with Crippen molar-refractivity contribution in [3.05, 3.63) is 53.8 Å². The fourth-order valence-corrected chi connectivity index (χ4v) is 2.09. The van der Waals surface area contributed by atoms with Gasteiger partial charge in [-0.05, 0) is 35.9 Å². The fraction of sp³-hybridized carbons (Fsp3) is 0.133. The van der Waals surface area contributed by atoms with E-state index in [0.717, 1.165) is 22.2 Å². The van der Waals surface area contributed by atoms with Crippen LogP contribution >= 0.6 is 0 Å². The highest BCUT2D eigenvalue weighted by atomic mass is 19.1. The van der Waals surface area contributed by atoms with E-state index in [0.29, 0.717) is 12.4 Å². The number of hydrogen-bond acceptors (Lipinski definition) is 3. The molecule has 0 amide bonds. The van der Waals surface area contributed by atoms with Gasteiger partial charge in [-0.2, -0.15) is 5.10 Å². The van der Waals surface area contributed by atoms with Crippen molar-refractivity contribution >= 4 is 16.7 Å². The number of rotatable bonds is 4. The van der Waals surface area contributed by atoms with E-state index in [9.17, 15) is 4.39 Å². The molecule has 4 nitrogen and oxygen atoms in total. The van der Waals surface area contributed by atoms with Gasteiger partial charge < -0.3 is 10.1 Å². The maximum Gasteiger partial charge on any atom is 0.156 e. The average molecular weight is 271 g/mol. The van der Waals surface area contributed by atoms with Gasteiger partial charge in [0.2, 0.25) is 0 Å². The van der Waals surface area contributed by atoms with E-state index in [-0.39, 0.29) is 5.82 Å². The number of H-pyrrole nitrogens is 1. The molecule has 2 aromatic carbocycles. The van der Waals surface area contributed by atoms with Gasteiger partial charge in [-0.3, -0.25) is 5.10 Å². The Bertz CT molecular complexity index is 739. The van der Waals surface area contributed by atoms with E-state index in [2.05, 4.69) is 15.5 Å². The molecule has 0 bridgehead atoms. The van der Waals surface area contributed by atoms with Crippen LogP contribution in [0.15, 0.2) is 42.5 Å². The number of aromatic amines is 1. The summed E-state index contributed by atoms with van der Waals surface area (Å²) in [6.07, 6.45) is 0. The summed E-state index contributed by atoms with van der Waals surface area (Å²) in [5, 5.41) is 11.0. The lowest BCUT2D eigenvalue weighted by atomic mass is 10.2. The van der Waals surface area contributed by atoms with Crippen molar-refractivity contribution in [2.75, 3.05) is 12.4 Å². The first-order valence-electron chi connectivity index (χ1n) is 6.27. The first-order chi connectivity index (χ1) is 9.76. The molecular weight excluding hydrogens is 257 g/mol. The number of aromatic nitrogens is 2. The molecule has 0 unspecified atom stereocenters. The summed E-state index contributed by atoms with van der Waals surface area (Å²) in [5.41, 5.74) is 1.87. The summed E-state index contributed by atoms with van der Waals surface area (Å²) in [6.45, 7) is 0.591. The van der Waals surface area contributed by atoms with Crippen LogP contribution in [0, 0.1) is 5.82 Å². The Morgan fingerprint density at radius 1 is 1.25 bits per heavy atom. The Morgan fingerprint density at radius 2 is 2.15 bits per heavy atom. The van der Waals surface area contributed by atoms with Crippen LogP contribution in [-0.4, -0.2) is 17.3 Å². The summed E-state index contributed by atoms with van der Waals surface area (Å²) in [6, 6.07) is 12.3. The highest BCUT2D eigenvalue weighted by Gasteiger charge is 2.06. The van der Waals surface area contributed by atoms with Gasteiger partial charge in [-0.1, -0.05) is 12.1 Å². The van der Waals surface area contributed by atoms with Crippen LogP contribution in [0.2, 0.25) is 0 Å². The number of benzene rings is 2. The molecule has 1 heterocycles. The van der Waals surface area contributed by atoms with E-state index in [1.807, 2.05) is 24.3 Å². The smallest absolute Gasteiger partial charge is 0.156 e. The molecule has 0 aliphatic carbocycles. The Kier molecular flexibility index (Phi) is 3.25. The van der Waals surface area contributed by atoms with Gasteiger partial charge in [0.1, 0.15) is 11.6 Å². The van der Waals surface area contributed by atoms with E-state index in [1.165, 1.54) is 12.1 Å². The molecule has 0 saturated carbocycles. The summed E-state index contributed by atoms with van der Waals surface area (Å²) < 4.78 is 18.4. The number of methoxy groups -OCH3 is 1. The minimum absolute atomic E-state index is 0.275. The lowest BCUT2D eigenvalue weighted by Gasteiger charge is -2.06. The third-order valence-corrected chi connectivity index (χ3v) is 3.12. The van der Waals surface area contributed by atoms with Crippen molar-refractivity contribution < 1.29 is 9.13 Å². The number of nitrogens with one attached hydrogen (secondary N) is 2. The molecule has 0 aliphatic heterocycles. The second-order valence-corrected chi connectivity index (χ2v) is 4.47. The first kappa shape index (κ1) is 12.5. The van der Waals surface area contributed by atoms with E-state index in [4.69, 9.17) is 4.74 Å². The van der Waals surface area contributed by atoms with Gasteiger partial charge in [-0.25, -0.2) is 4.39 Å². The molecule has 0 spiro atoms. The van der Waals surface area contributed by atoms with Gasteiger partial charge >= 0.3 is 0 Å². The van der Waals surface area contributed by atoms with Crippen LogP contribution < -0.4 is 10.1 Å². The molecule has 20 heavy (non-hydrogen) atoms. The highest BCUT2D eigenvalue weighted by molar-refractivity contribution is 5.89.